The number of aryl methyl sites for hydroxylation is 1. The minimum absolute atomic E-state index is 0.206. The first-order valence-electron chi connectivity index (χ1n) is 6.69. The SMILES string of the molecule is CCCc1ccc(Cc2ccccc2S(N)(=O)=O)cc1. The fourth-order valence-corrected chi connectivity index (χ4v) is 3.03. The summed E-state index contributed by atoms with van der Waals surface area (Å²) >= 11 is 0. The normalized spacial score (nSPS) is 11.5. The fourth-order valence-electron chi connectivity index (χ4n) is 2.26. The van der Waals surface area contributed by atoms with Crippen molar-refractivity contribution in [3.8, 4) is 0 Å². The van der Waals surface area contributed by atoms with E-state index in [2.05, 4.69) is 19.1 Å². The molecular formula is C16H19NO2S. The molecule has 0 aliphatic heterocycles. The van der Waals surface area contributed by atoms with Gasteiger partial charge in [0.25, 0.3) is 0 Å². The van der Waals surface area contributed by atoms with E-state index in [0.29, 0.717) is 6.42 Å². The van der Waals surface area contributed by atoms with Crippen LogP contribution in [0.25, 0.3) is 0 Å². The first kappa shape index (κ1) is 14.8. The lowest BCUT2D eigenvalue weighted by Crippen LogP contribution is -2.14. The van der Waals surface area contributed by atoms with E-state index in [1.807, 2.05) is 18.2 Å². The number of hydrogen-bond donors (Lipinski definition) is 1. The quantitative estimate of drug-likeness (QED) is 0.920. The van der Waals surface area contributed by atoms with Crippen LogP contribution in [0.15, 0.2) is 53.4 Å². The Morgan fingerprint density at radius 1 is 0.950 bits per heavy atom. The van der Waals surface area contributed by atoms with Crippen LogP contribution in [0.1, 0.15) is 30.0 Å². The standard InChI is InChI=1S/C16H19NO2S/c1-2-5-13-8-10-14(11-9-13)12-15-6-3-4-7-16(15)20(17,18)19/h3-4,6-11H,2,5,12H2,1H3,(H2,17,18,19). The average Bonchev–Trinajstić information content (AvgIpc) is 2.41. The molecule has 0 heterocycles. The molecule has 4 heteroatoms. The molecular weight excluding hydrogens is 270 g/mol. The van der Waals surface area contributed by atoms with Gasteiger partial charge in [-0.15, -0.1) is 0 Å². The Morgan fingerprint density at radius 2 is 1.55 bits per heavy atom. The lowest BCUT2D eigenvalue weighted by molar-refractivity contribution is 0.597. The summed E-state index contributed by atoms with van der Waals surface area (Å²) in [6.07, 6.45) is 2.75. The molecule has 0 aliphatic carbocycles. The molecule has 2 aromatic carbocycles. The molecule has 0 amide bonds. The van der Waals surface area contributed by atoms with Gasteiger partial charge in [-0.05, 0) is 35.6 Å². The number of sulfonamides is 1. The third-order valence-corrected chi connectivity index (χ3v) is 4.25. The van der Waals surface area contributed by atoms with Gasteiger partial charge in [0, 0.05) is 0 Å². The van der Waals surface area contributed by atoms with Gasteiger partial charge >= 0.3 is 0 Å². The molecule has 0 aromatic heterocycles. The van der Waals surface area contributed by atoms with Crippen LogP contribution in [0, 0.1) is 0 Å². The largest absolute Gasteiger partial charge is 0.238 e. The van der Waals surface area contributed by atoms with E-state index in [1.165, 1.54) is 5.56 Å². The summed E-state index contributed by atoms with van der Waals surface area (Å²) in [5.74, 6) is 0. The lowest BCUT2D eigenvalue weighted by Gasteiger charge is -2.08. The highest BCUT2D eigenvalue weighted by Gasteiger charge is 2.13. The molecule has 0 spiro atoms. The van der Waals surface area contributed by atoms with Gasteiger partial charge < -0.3 is 0 Å². The van der Waals surface area contributed by atoms with Gasteiger partial charge in [0.2, 0.25) is 10.0 Å². The summed E-state index contributed by atoms with van der Waals surface area (Å²) in [4.78, 5) is 0.206. The van der Waals surface area contributed by atoms with Crippen LogP contribution < -0.4 is 5.14 Å². The van der Waals surface area contributed by atoms with Crippen LogP contribution in [-0.2, 0) is 22.9 Å². The minimum Gasteiger partial charge on any atom is -0.225 e. The number of nitrogens with two attached hydrogens (primary N) is 1. The highest BCUT2D eigenvalue weighted by Crippen LogP contribution is 2.18. The van der Waals surface area contributed by atoms with Gasteiger partial charge in [0.1, 0.15) is 0 Å². The van der Waals surface area contributed by atoms with Gasteiger partial charge in [0.15, 0.2) is 0 Å². The van der Waals surface area contributed by atoms with E-state index in [4.69, 9.17) is 5.14 Å². The van der Waals surface area contributed by atoms with Crippen LogP contribution in [0.4, 0.5) is 0 Å². The molecule has 2 rings (SSSR count). The van der Waals surface area contributed by atoms with Crippen molar-refractivity contribution in [1.82, 2.24) is 0 Å². The summed E-state index contributed by atoms with van der Waals surface area (Å²) in [7, 11) is -3.67. The molecule has 0 fully saturated rings. The zero-order valence-electron chi connectivity index (χ0n) is 11.5. The summed E-state index contributed by atoms with van der Waals surface area (Å²) in [5, 5.41) is 5.25. The number of hydrogen-bond acceptors (Lipinski definition) is 2. The van der Waals surface area contributed by atoms with Gasteiger partial charge in [0.05, 0.1) is 4.90 Å². The third-order valence-electron chi connectivity index (χ3n) is 3.24. The summed E-state index contributed by atoms with van der Waals surface area (Å²) in [6.45, 7) is 2.15. The van der Waals surface area contributed by atoms with Crippen LogP contribution in [0.2, 0.25) is 0 Å². The van der Waals surface area contributed by atoms with Crippen molar-refractivity contribution in [3.05, 3.63) is 65.2 Å². The van der Waals surface area contributed by atoms with E-state index >= 15 is 0 Å². The van der Waals surface area contributed by atoms with E-state index in [9.17, 15) is 8.42 Å². The predicted octanol–water partition coefficient (Wildman–Crippen LogP) is 2.88. The molecule has 106 valence electrons. The zero-order valence-corrected chi connectivity index (χ0v) is 12.4. The molecule has 0 aliphatic rings. The Kier molecular flexibility index (Phi) is 4.57. The average molecular weight is 289 g/mol. The molecule has 2 N–H and O–H groups in total. The summed E-state index contributed by atoms with van der Waals surface area (Å²) < 4.78 is 23.1. The summed E-state index contributed by atoms with van der Waals surface area (Å²) in [6, 6.07) is 15.2. The minimum atomic E-state index is -3.67. The third kappa shape index (κ3) is 3.68. The maximum absolute atomic E-state index is 11.6. The summed E-state index contributed by atoms with van der Waals surface area (Å²) in [5.41, 5.74) is 3.12. The zero-order chi connectivity index (χ0) is 14.6. The van der Waals surface area contributed by atoms with Crippen molar-refractivity contribution >= 4 is 10.0 Å². The molecule has 3 nitrogen and oxygen atoms in total. The maximum Gasteiger partial charge on any atom is 0.238 e. The second-order valence-corrected chi connectivity index (χ2v) is 6.43. The van der Waals surface area contributed by atoms with Crippen LogP contribution in [0.5, 0.6) is 0 Å². The van der Waals surface area contributed by atoms with Crippen molar-refractivity contribution in [3.63, 3.8) is 0 Å². The van der Waals surface area contributed by atoms with Gasteiger partial charge in [-0.25, -0.2) is 13.6 Å². The molecule has 0 atom stereocenters. The molecule has 20 heavy (non-hydrogen) atoms. The van der Waals surface area contributed by atoms with Crippen LogP contribution >= 0.6 is 0 Å². The fraction of sp³-hybridized carbons (Fsp3) is 0.250. The van der Waals surface area contributed by atoms with Crippen molar-refractivity contribution < 1.29 is 8.42 Å². The van der Waals surface area contributed by atoms with Gasteiger partial charge in [-0.2, -0.15) is 0 Å². The van der Waals surface area contributed by atoms with Crippen molar-refractivity contribution in [2.45, 2.75) is 31.1 Å². The number of primary sulfonamides is 1. The molecule has 0 saturated heterocycles. The first-order chi connectivity index (χ1) is 9.50. The second kappa shape index (κ2) is 6.20. The number of benzene rings is 2. The Morgan fingerprint density at radius 3 is 2.15 bits per heavy atom. The Balaban J connectivity index is 2.26. The maximum atomic E-state index is 11.6. The topological polar surface area (TPSA) is 60.2 Å². The van der Waals surface area contributed by atoms with E-state index in [1.54, 1.807) is 18.2 Å². The molecule has 0 saturated carbocycles. The van der Waals surface area contributed by atoms with Gasteiger partial charge in [-0.1, -0.05) is 55.8 Å². The Hall–Kier alpha value is -1.65. The Bertz CT molecular complexity index is 676. The highest BCUT2D eigenvalue weighted by atomic mass is 32.2. The van der Waals surface area contributed by atoms with E-state index in [-0.39, 0.29) is 4.90 Å². The highest BCUT2D eigenvalue weighted by molar-refractivity contribution is 7.89. The van der Waals surface area contributed by atoms with Crippen LogP contribution in [0.3, 0.4) is 0 Å². The predicted molar refractivity (Wildman–Crippen MR) is 81.1 cm³/mol. The molecule has 0 radical (unpaired) electrons. The monoisotopic (exact) mass is 289 g/mol. The molecule has 0 unspecified atom stereocenters. The van der Waals surface area contributed by atoms with Crippen LogP contribution in [-0.4, -0.2) is 8.42 Å². The second-order valence-electron chi connectivity index (χ2n) is 4.90. The number of rotatable bonds is 5. The van der Waals surface area contributed by atoms with E-state index < -0.39 is 10.0 Å². The Labute approximate surface area is 120 Å². The smallest absolute Gasteiger partial charge is 0.225 e. The first-order valence-corrected chi connectivity index (χ1v) is 8.24. The molecule has 0 bridgehead atoms. The van der Waals surface area contributed by atoms with E-state index in [0.717, 1.165) is 24.0 Å². The van der Waals surface area contributed by atoms with Gasteiger partial charge in [-0.3, -0.25) is 0 Å². The molecule has 2 aromatic rings. The van der Waals surface area contributed by atoms with Crippen molar-refractivity contribution in [2.75, 3.05) is 0 Å². The van der Waals surface area contributed by atoms with Crippen molar-refractivity contribution in [2.24, 2.45) is 5.14 Å². The lowest BCUT2D eigenvalue weighted by atomic mass is 10.0. The van der Waals surface area contributed by atoms with Crippen molar-refractivity contribution in [1.29, 1.82) is 0 Å².